The van der Waals surface area contributed by atoms with Crippen LogP contribution < -0.4 is 11.3 Å². The molecule has 0 aliphatic carbocycles. The van der Waals surface area contributed by atoms with Gasteiger partial charge in [0.2, 0.25) is 0 Å². The van der Waals surface area contributed by atoms with Gasteiger partial charge in [0.25, 0.3) is 0 Å². The van der Waals surface area contributed by atoms with Gasteiger partial charge >= 0.3 is 0 Å². The average Bonchev–Trinajstić information content (AvgIpc) is 2.86. The van der Waals surface area contributed by atoms with Crippen molar-refractivity contribution in [2.75, 3.05) is 13.2 Å². The predicted octanol–water partition coefficient (Wildman–Crippen LogP) is 2.50. The monoisotopic (exact) mass is 264 g/mol. The highest BCUT2D eigenvalue weighted by molar-refractivity contribution is 5.78. The third-order valence-electron chi connectivity index (χ3n) is 3.74. The molecule has 1 aromatic heterocycles. The highest BCUT2D eigenvalue weighted by Gasteiger charge is 2.27. The average molecular weight is 264 g/mol. The molecule has 2 aromatic rings. The summed E-state index contributed by atoms with van der Waals surface area (Å²) in [7, 11) is 0. The molecule has 5 heteroatoms. The minimum Gasteiger partial charge on any atom is -0.456 e. The van der Waals surface area contributed by atoms with Crippen molar-refractivity contribution in [3.8, 4) is 0 Å². The maximum atomic E-state index is 13.6. The molecule has 0 radical (unpaired) electrons. The molecule has 19 heavy (non-hydrogen) atoms. The number of benzene rings is 1. The number of hydrogen-bond donors (Lipinski definition) is 2. The van der Waals surface area contributed by atoms with Crippen molar-refractivity contribution >= 4 is 11.0 Å². The van der Waals surface area contributed by atoms with Crippen LogP contribution in [-0.4, -0.2) is 13.2 Å². The number of furan rings is 1. The quantitative estimate of drug-likeness (QED) is 0.660. The van der Waals surface area contributed by atoms with Gasteiger partial charge < -0.3 is 9.15 Å². The van der Waals surface area contributed by atoms with Gasteiger partial charge in [-0.1, -0.05) is 12.1 Å². The van der Waals surface area contributed by atoms with Crippen LogP contribution in [0.2, 0.25) is 0 Å². The molecule has 1 unspecified atom stereocenters. The first-order valence-corrected chi connectivity index (χ1v) is 6.51. The molecule has 3 N–H and O–H groups in total. The third kappa shape index (κ3) is 2.36. The van der Waals surface area contributed by atoms with Crippen molar-refractivity contribution in [1.29, 1.82) is 0 Å². The van der Waals surface area contributed by atoms with Gasteiger partial charge in [-0.3, -0.25) is 5.84 Å². The molecule has 0 amide bonds. The molecule has 1 fully saturated rings. The van der Waals surface area contributed by atoms with Crippen LogP contribution >= 0.6 is 0 Å². The van der Waals surface area contributed by atoms with E-state index in [2.05, 4.69) is 5.43 Å². The van der Waals surface area contributed by atoms with Gasteiger partial charge in [0.15, 0.2) is 11.4 Å². The number of hydrogen-bond acceptors (Lipinski definition) is 4. The zero-order chi connectivity index (χ0) is 13.2. The summed E-state index contributed by atoms with van der Waals surface area (Å²) < 4.78 is 24.6. The number of ether oxygens (including phenoxy) is 1. The van der Waals surface area contributed by atoms with Crippen LogP contribution in [0.4, 0.5) is 4.39 Å². The lowest BCUT2D eigenvalue weighted by molar-refractivity contribution is 0.0509. The Labute approximate surface area is 110 Å². The van der Waals surface area contributed by atoms with Gasteiger partial charge in [-0.05, 0) is 30.9 Å². The second-order valence-corrected chi connectivity index (χ2v) is 4.90. The Balaban J connectivity index is 1.94. The van der Waals surface area contributed by atoms with E-state index in [4.69, 9.17) is 15.0 Å². The van der Waals surface area contributed by atoms with Gasteiger partial charge in [-0.25, -0.2) is 9.82 Å². The molecule has 102 valence electrons. The predicted molar refractivity (Wildman–Crippen MR) is 69.8 cm³/mol. The first-order chi connectivity index (χ1) is 9.29. The van der Waals surface area contributed by atoms with Crippen LogP contribution in [-0.2, 0) is 4.74 Å². The molecular formula is C14H17FN2O2. The lowest BCUT2D eigenvalue weighted by Crippen LogP contribution is -2.35. The summed E-state index contributed by atoms with van der Waals surface area (Å²) >= 11 is 0. The van der Waals surface area contributed by atoms with Crippen molar-refractivity contribution in [2.45, 2.75) is 18.9 Å². The van der Waals surface area contributed by atoms with Crippen LogP contribution in [0.5, 0.6) is 0 Å². The largest absolute Gasteiger partial charge is 0.456 e. The summed E-state index contributed by atoms with van der Waals surface area (Å²) in [5, 5.41) is 0.766. The Kier molecular flexibility index (Phi) is 3.50. The molecule has 1 aliphatic rings. The van der Waals surface area contributed by atoms with E-state index in [0.717, 1.165) is 31.4 Å². The number of nitrogens with two attached hydrogens (primary N) is 1. The second kappa shape index (κ2) is 5.28. The van der Waals surface area contributed by atoms with E-state index in [1.807, 2.05) is 12.1 Å². The van der Waals surface area contributed by atoms with Gasteiger partial charge in [0.1, 0.15) is 5.76 Å². The molecule has 0 spiro atoms. The van der Waals surface area contributed by atoms with E-state index in [1.165, 1.54) is 6.07 Å². The normalized spacial score (nSPS) is 18.8. The Morgan fingerprint density at radius 3 is 2.79 bits per heavy atom. The smallest absolute Gasteiger partial charge is 0.169 e. The fourth-order valence-corrected chi connectivity index (χ4v) is 2.70. The summed E-state index contributed by atoms with van der Waals surface area (Å²) in [4.78, 5) is 0. The first kappa shape index (κ1) is 12.6. The van der Waals surface area contributed by atoms with Crippen LogP contribution in [0, 0.1) is 11.7 Å². The topological polar surface area (TPSA) is 60.4 Å². The SMILES string of the molecule is NNC(c1cc2cccc(F)c2o1)C1CCOCC1. The van der Waals surface area contributed by atoms with E-state index in [9.17, 15) is 4.39 Å². The molecule has 1 saturated heterocycles. The van der Waals surface area contributed by atoms with Crippen molar-refractivity contribution < 1.29 is 13.5 Å². The maximum absolute atomic E-state index is 13.6. The van der Waals surface area contributed by atoms with Gasteiger partial charge in [-0.15, -0.1) is 0 Å². The van der Waals surface area contributed by atoms with Crippen molar-refractivity contribution in [3.05, 3.63) is 35.8 Å². The Morgan fingerprint density at radius 2 is 2.11 bits per heavy atom. The maximum Gasteiger partial charge on any atom is 0.169 e. The summed E-state index contributed by atoms with van der Waals surface area (Å²) in [6.45, 7) is 1.47. The standard InChI is InChI=1S/C14H17FN2O2/c15-11-3-1-2-10-8-12(19-14(10)11)13(17-16)9-4-6-18-7-5-9/h1-3,8-9,13,17H,4-7,16H2. The highest BCUT2D eigenvalue weighted by Crippen LogP contribution is 2.33. The minimum absolute atomic E-state index is 0.101. The molecule has 4 nitrogen and oxygen atoms in total. The number of hydrazine groups is 1. The van der Waals surface area contributed by atoms with E-state index in [0.29, 0.717) is 17.3 Å². The van der Waals surface area contributed by atoms with Gasteiger partial charge in [0, 0.05) is 18.6 Å². The number of rotatable bonds is 3. The molecular weight excluding hydrogens is 247 g/mol. The van der Waals surface area contributed by atoms with Crippen LogP contribution in [0.25, 0.3) is 11.0 Å². The lowest BCUT2D eigenvalue weighted by Gasteiger charge is -2.28. The second-order valence-electron chi connectivity index (χ2n) is 4.90. The number of nitrogens with one attached hydrogen (secondary N) is 1. The molecule has 2 heterocycles. The van der Waals surface area contributed by atoms with Gasteiger partial charge in [0.05, 0.1) is 6.04 Å². The van der Waals surface area contributed by atoms with Crippen LogP contribution in [0.1, 0.15) is 24.6 Å². The van der Waals surface area contributed by atoms with E-state index in [-0.39, 0.29) is 11.9 Å². The lowest BCUT2D eigenvalue weighted by atomic mass is 9.90. The van der Waals surface area contributed by atoms with Crippen LogP contribution in [0.15, 0.2) is 28.7 Å². The van der Waals surface area contributed by atoms with Gasteiger partial charge in [-0.2, -0.15) is 0 Å². The molecule has 3 rings (SSSR count). The fraction of sp³-hybridized carbons (Fsp3) is 0.429. The van der Waals surface area contributed by atoms with E-state index >= 15 is 0 Å². The number of fused-ring (bicyclic) bond motifs is 1. The number of halogens is 1. The number of para-hydroxylation sites is 1. The zero-order valence-electron chi connectivity index (χ0n) is 10.6. The Morgan fingerprint density at radius 1 is 1.32 bits per heavy atom. The summed E-state index contributed by atoms with van der Waals surface area (Å²) in [5.74, 6) is 6.35. The van der Waals surface area contributed by atoms with E-state index < -0.39 is 0 Å². The van der Waals surface area contributed by atoms with Crippen molar-refractivity contribution in [3.63, 3.8) is 0 Å². The zero-order valence-corrected chi connectivity index (χ0v) is 10.6. The minimum atomic E-state index is -0.341. The summed E-state index contributed by atoms with van der Waals surface area (Å²) in [5.41, 5.74) is 3.09. The van der Waals surface area contributed by atoms with E-state index in [1.54, 1.807) is 6.07 Å². The first-order valence-electron chi connectivity index (χ1n) is 6.51. The Bertz CT molecular complexity index is 564. The van der Waals surface area contributed by atoms with Crippen molar-refractivity contribution in [2.24, 2.45) is 11.8 Å². The van der Waals surface area contributed by atoms with Crippen LogP contribution in [0.3, 0.4) is 0 Å². The summed E-state index contributed by atoms with van der Waals surface area (Å²) in [6.07, 6.45) is 1.85. The van der Waals surface area contributed by atoms with Crippen molar-refractivity contribution in [1.82, 2.24) is 5.43 Å². The molecule has 1 atom stereocenters. The fourth-order valence-electron chi connectivity index (χ4n) is 2.70. The Hall–Kier alpha value is -1.43. The molecule has 1 aliphatic heterocycles. The summed E-state index contributed by atoms with van der Waals surface area (Å²) in [6, 6.07) is 6.67. The molecule has 0 bridgehead atoms. The highest BCUT2D eigenvalue weighted by atomic mass is 19.1. The third-order valence-corrected chi connectivity index (χ3v) is 3.74. The molecule has 1 aromatic carbocycles. The molecule has 0 saturated carbocycles.